The molecule has 0 saturated carbocycles. The first kappa shape index (κ1) is 18.1. The molecular weight excluding hydrogens is 312 g/mol. The summed E-state index contributed by atoms with van der Waals surface area (Å²) in [5, 5.41) is 3.64. The summed E-state index contributed by atoms with van der Waals surface area (Å²) in [6.07, 6.45) is 6.45. The van der Waals surface area contributed by atoms with Crippen molar-refractivity contribution in [2.75, 3.05) is 46.9 Å². The number of guanidine groups is 1. The third kappa shape index (κ3) is 4.46. The Bertz CT molecular complexity index is 563. The summed E-state index contributed by atoms with van der Waals surface area (Å²) in [5.41, 5.74) is 1.27. The van der Waals surface area contributed by atoms with E-state index in [9.17, 15) is 0 Å². The van der Waals surface area contributed by atoms with Crippen LogP contribution in [0.15, 0.2) is 29.3 Å². The molecule has 2 aliphatic heterocycles. The highest BCUT2D eigenvalue weighted by molar-refractivity contribution is 5.80. The number of piperidine rings is 1. The minimum absolute atomic E-state index is 0.316. The Morgan fingerprint density at radius 1 is 1.08 bits per heavy atom. The number of hydrogen-bond acceptors (Lipinski definition) is 3. The fourth-order valence-corrected chi connectivity index (χ4v) is 4.06. The van der Waals surface area contributed by atoms with Crippen molar-refractivity contribution in [1.82, 2.24) is 15.1 Å². The van der Waals surface area contributed by atoms with E-state index >= 15 is 0 Å². The highest BCUT2D eigenvalue weighted by Crippen LogP contribution is 2.31. The van der Waals surface area contributed by atoms with Gasteiger partial charge < -0.3 is 15.0 Å². The van der Waals surface area contributed by atoms with Gasteiger partial charge in [-0.05, 0) is 44.8 Å². The predicted octanol–water partition coefficient (Wildman–Crippen LogP) is 2.89. The van der Waals surface area contributed by atoms with Crippen LogP contribution in [0.25, 0.3) is 0 Å². The third-order valence-corrected chi connectivity index (χ3v) is 5.40. The van der Waals surface area contributed by atoms with Crippen LogP contribution >= 0.6 is 0 Å². The average molecular weight is 345 g/mol. The SMILES string of the molecule is CN=C(NCC(c1ccccc1OC)N1CCCCC1)N1CCCC1. The van der Waals surface area contributed by atoms with E-state index in [2.05, 4.69) is 38.3 Å². The van der Waals surface area contributed by atoms with E-state index in [1.54, 1.807) is 7.11 Å². The summed E-state index contributed by atoms with van der Waals surface area (Å²) in [6.45, 7) is 5.41. The van der Waals surface area contributed by atoms with E-state index in [1.807, 2.05) is 13.1 Å². The Balaban J connectivity index is 1.76. The number of nitrogens with zero attached hydrogens (tertiary/aromatic N) is 3. The Hall–Kier alpha value is -1.75. The molecule has 3 rings (SSSR count). The molecule has 0 radical (unpaired) electrons. The topological polar surface area (TPSA) is 40.1 Å². The molecule has 0 spiro atoms. The maximum Gasteiger partial charge on any atom is 0.193 e. The maximum absolute atomic E-state index is 5.65. The zero-order chi connectivity index (χ0) is 17.5. The molecule has 1 aromatic carbocycles. The van der Waals surface area contributed by atoms with Gasteiger partial charge in [0, 0.05) is 32.2 Å². The predicted molar refractivity (Wildman–Crippen MR) is 103 cm³/mol. The van der Waals surface area contributed by atoms with Gasteiger partial charge in [-0.3, -0.25) is 9.89 Å². The van der Waals surface area contributed by atoms with Crippen LogP contribution in [-0.2, 0) is 0 Å². The summed E-state index contributed by atoms with van der Waals surface area (Å²) in [4.78, 5) is 9.48. The van der Waals surface area contributed by atoms with Gasteiger partial charge in [-0.15, -0.1) is 0 Å². The van der Waals surface area contributed by atoms with E-state index in [4.69, 9.17) is 4.74 Å². The van der Waals surface area contributed by atoms with E-state index in [-0.39, 0.29) is 0 Å². The standard InChI is InChI=1S/C20H32N4O/c1-21-20(24-14-8-9-15-24)22-16-18(23-12-6-3-7-13-23)17-10-4-5-11-19(17)25-2/h4-5,10-11,18H,3,6-9,12-16H2,1-2H3,(H,21,22). The second-order valence-corrected chi connectivity index (χ2v) is 6.98. The molecule has 2 saturated heterocycles. The van der Waals surface area contributed by atoms with Crippen LogP contribution in [0.3, 0.4) is 0 Å². The minimum Gasteiger partial charge on any atom is -0.496 e. The third-order valence-electron chi connectivity index (χ3n) is 5.40. The van der Waals surface area contributed by atoms with Crippen LogP contribution in [0.4, 0.5) is 0 Å². The molecule has 5 heteroatoms. The van der Waals surface area contributed by atoms with Crippen molar-refractivity contribution in [1.29, 1.82) is 0 Å². The lowest BCUT2D eigenvalue weighted by atomic mass is 10.0. The number of benzene rings is 1. The molecule has 0 bridgehead atoms. The Morgan fingerprint density at radius 3 is 2.44 bits per heavy atom. The lowest BCUT2D eigenvalue weighted by Crippen LogP contribution is -2.45. The summed E-state index contributed by atoms with van der Waals surface area (Å²) < 4.78 is 5.65. The normalized spacial score (nSPS) is 20.6. The van der Waals surface area contributed by atoms with Crippen LogP contribution in [-0.4, -0.2) is 62.6 Å². The fraction of sp³-hybridized carbons (Fsp3) is 0.650. The van der Waals surface area contributed by atoms with Gasteiger partial charge in [-0.1, -0.05) is 24.6 Å². The van der Waals surface area contributed by atoms with E-state index in [0.29, 0.717) is 6.04 Å². The summed E-state index contributed by atoms with van der Waals surface area (Å²) in [6, 6.07) is 8.76. The number of likely N-dealkylation sites (tertiary alicyclic amines) is 2. The Labute approximate surface area is 152 Å². The molecule has 5 nitrogen and oxygen atoms in total. The molecule has 2 aliphatic rings. The lowest BCUT2D eigenvalue weighted by Gasteiger charge is -2.36. The summed E-state index contributed by atoms with van der Waals surface area (Å²) in [5.74, 6) is 2.02. The van der Waals surface area contributed by atoms with Crippen molar-refractivity contribution < 1.29 is 4.74 Å². The molecule has 1 aromatic rings. The molecule has 25 heavy (non-hydrogen) atoms. The zero-order valence-electron chi connectivity index (χ0n) is 15.7. The van der Waals surface area contributed by atoms with Gasteiger partial charge in [0.15, 0.2) is 5.96 Å². The summed E-state index contributed by atoms with van der Waals surface area (Å²) >= 11 is 0. The number of hydrogen-bond donors (Lipinski definition) is 1. The monoisotopic (exact) mass is 344 g/mol. The van der Waals surface area contributed by atoms with Crippen LogP contribution in [0.2, 0.25) is 0 Å². The molecule has 2 heterocycles. The van der Waals surface area contributed by atoms with Gasteiger partial charge in [0.1, 0.15) is 5.75 Å². The minimum atomic E-state index is 0.316. The van der Waals surface area contributed by atoms with Gasteiger partial charge in [-0.25, -0.2) is 0 Å². The highest BCUT2D eigenvalue weighted by atomic mass is 16.5. The van der Waals surface area contributed by atoms with Crippen molar-refractivity contribution in [2.45, 2.75) is 38.1 Å². The average Bonchev–Trinajstić information content (AvgIpc) is 3.21. The smallest absolute Gasteiger partial charge is 0.193 e. The van der Waals surface area contributed by atoms with Gasteiger partial charge in [0.25, 0.3) is 0 Å². The lowest BCUT2D eigenvalue weighted by molar-refractivity contribution is 0.161. The molecule has 138 valence electrons. The van der Waals surface area contributed by atoms with Crippen molar-refractivity contribution in [2.24, 2.45) is 4.99 Å². The molecule has 0 aromatic heterocycles. The highest BCUT2D eigenvalue weighted by Gasteiger charge is 2.26. The van der Waals surface area contributed by atoms with Gasteiger partial charge in [0.05, 0.1) is 13.2 Å². The first-order valence-corrected chi connectivity index (χ1v) is 9.66. The molecular formula is C20H32N4O. The first-order valence-electron chi connectivity index (χ1n) is 9.66. The molecule has 0 aliphatic carbocycles. The number of aliphatic imine (C=N–C) groups is 1. The fourth-order valence-electron chi connectivity index (χ4n) is 4.06. The van der Waals surface area contributed by atoms with E-state index in [1.165, 1.54) is 37.7 Å². The van der Waals surface area contributed by atoms with Gasteiger partial charge in [-0.2, -0.15) is 0 Å². The Kier molecular flexibility index (Phi) is 6.56. The largest absolute Gasteiger partial charge is 0.496 e. The van der Waals surface area contributed by atoms with E-state index in [0.717, 1.165) is 44.4 Å². The molecule has 0 amide bonds. The van der Waals surface area contributed by atoms with Crippen LogP contribution in [0.5, 0.6) is 5.75 Å². The number of ether oxygens (including phenoxy) is 1. The van der Waals surface area contributed by atoms with Crippen LogP contribution < -0.4 is 10.1 Å². The van der Waals surface area contributed by atoms with Crippen molar-refractivity contribution in [3.05, 3.63) is 29.8 Å². The zero-order valence-corrected chi connectivity index (χ0v) is 15.7. The maximum atomic E-state index is 5.65. The number of methoxy groups -OCH3 is 1. The number of nitrogens with one attached hydrogen (secondary N) is 1. The summed E-state index contributed by atoms with van der Waals surface area (Å²) in [7, 11) is 3.66. The molecule has 2 fully saturated rings. The van der Waals surface area contributed by atoms with Crippen LogP contribution in [0.1, 0.15) is 43.7 Å². The Morgan fingerprint density at radius 2 is 1.76 bits per heavy atom. The van der Waals surface area contributed by atoms with Crippen molar-refractivity contribution >= 4 is 5.96 Å². The molecule has 1 atom stereocenters. The molecule has 1 unspecified atom stereocenters. The first-order chi connectivity index (χ1) is 12.3. The van der Waals surface area contributed by atoms with Crippen LogP contribution in [0, 0.1) is 0 Å². The van der Waals surface area contributed by atoms with Gasteiger partial charge in [0.2, 0.25) is 0 Å². The second kappa shape index (κ2) is 9.09. The van der Waals surface area contributed by atoms with E-state index < -0.39 is 0 Å². The second-order valence-electron chi connectivity index (χ2n) is 6.98. The van der Waals surface area contributed by atoms with Crippen molar-refractivity contribution in [3.8, 4) is 5.75 Å². The quantitative estimate of drug-likeness (QED) is 0.659. The number of para-hydroxylation sites is 1. The van der Waals surface area contributed by atoms with Crippen molar-refractivity contribution in [3.63, 3.8) is 0 Å². The molecule has 1 N–H and O–H groups in total. The van der Waals surface area contributed by atoms with Gasteiger partial charge >= 0.3 is 0 Å². The number of rotatable bonds is 5.